The van der Waals surface area contributed by atoms with E-state index in [0.29, 0.717) is 38.3 Å². The number of hydrogen-bond acceptors (Lipinski definition) is 5. The third-order valence-electron chi connectivity index (χ3n) is 4.32. The molecule has 0 fully saturated rings. The van der Waals surface area contributed by atoms with Gasteiger partial charge in [0.1, 0.15) is 6.04 Å². The summed E-state index contributed by atoms with van der Waals surface area (Å²) < 4.78 is 5.35. The van der Waals surface area contributed by atoms with E-state index < -0.39 is 24.0 Å². The summed E-state index contributed by atoms with van der Waals surface area (Å²) in [5.74, 6) is -0.811. The van der Waals surface area contributed by atoms with Crippen LogP contribution in [-0.4, -0.2) is 43.1 Å². The molecule has 0 saturated carbocycles. The summed E-state index contributed by atoms with van der Waals surface area (Å²) in [5, 5.41) is 7.97. The highest BCUT2D eigenvalue weighted by molar-refractivity contribution is 5.97. The first-order valence-corrected chi connectivity index (χ1v) is 9.81. The molecule has 0 aliphatic heterocycles. The summed E-state index contributed by atoms with van der Waals surface area (Å²) in [6, 6.07) is 5.15. The highest BCUT2D eigenvalue weighted by Gasteiger charge is 2.25. The molecule has 1 aromatic carbocycles. The summed E-state index contributed by atoms with van der Waals surface area (Å²) in [6.45, 7) is 7.02. The molecule has 162 valence electrons. The lowest BCUT2D eigenvalue weighted by atomic mass is 10.0. The van der Waals surface area contributed by atoms with Gasteiger partial charge in [-0.2, -0.15) is 0 Å². The second-order valence-electron chi connectivity index (χ2n) is 7.09. The molecule has 9 nitrogen and oxygen atoms in total. The Labute approximate surface area is 171 Å². The van der Waals surface area contributed by atoms with Gasteiger partial charge in [0.05, 0.1) is 12.6 Å². The lowest BCUT2D eigenvalue weighted by molar-refractivity contribution is -0.128. The van der Waals surface area contributed by atoms with Crippen molar-refractivity contribution in [1.29, 1.82) is 0 Å². The van der Waals surface area contributed by atoms with E-state index in [0.717, 1.165) is 5.56 Å². The molecule has 0 bridgehead atoms. The Morgan fingerprint density at radius 2 is 1.76 bits per heavy atom. The molecule has 0 aliphatic carbocycles. The number of rotatable bonds is 12. The van der Waals surface area contributed by atoms with Gasteiger partial charge >= 0.3 is 6.03 Å². The fourth-order valence-corrected chi connectivity index (χ4v) is 2.49. The van der Waals surface area contributed by atoms with Crippen LogP contribution in [0.2, 0.25) is 0 Å². The van der Waals surface area contributed by atoms with Gasteiger partial charge < -0.3 is 32.2 Å². The van der Waals surface area contributed by atoms with E-state index in [9.17, 15) is 14.4 Å². The number of ether oxygens (including phenoxy) is 1. The Balaban J connectivity index is 2.74. The van der Waals surface area contributed by atoms with Crippen LogP contribution in [0.5, 0.6) is 0 Å². The topological polar surface area (TPSA) is 149 Å². The number of benzene rings is 1. The number of carbonyl (C=O) groups excluding carboxylic acids is 3. The molecule has 9 heteroatoms. The van der Waals surface area contributed by atoms with E-state index in [1.807, 2.05) is 32.9 Å². The number of anilines is 1. The van der Waals surface area contributed by atoms with Gasteiger partial charge in [0, 0.05) is 18.8 Å². The van der Waals surface area contributed by atoms with Crippen molar-refractivity contribution in [1.82, 2.24) is 10.6 Å². The zero-order valence-corrected chi connectivity index (χ0v) is 17.4. The van der Waals surface area contributed by atoms with Gasteiger partial charge in [-0.15, -0.1) is 0 Å². The minimum atomic E-state index is -0.787. The van der Waals surface area contributed by atoms with Gasteiger partial charge in [0.25, 0.3) is 0 Å². The second-order valence-corrected chi connectivity index (χ2v) is 7.09. The van der Waals surface area contributed by atoms with Gasteiger partial charge in [0.2, 0.25) is 11.8 Å². The summed E-state index contributed by atoms with van der Waals surface area (Å²) in [5.41, 5.74) is 12.5. The van der Waals surface area contributed by atoms with E-state index in [4.69, 9.17) is 16.2 Å². The highest BCUT2D eigenvalue weighted by atomic mass is 16.5. The lowest BCUT2D eigenvalue weighted by Gasteiger charge is -2.22. The minimum Gasteiger partial charge on any atom is -0.377 e. The minimum absolute atomic E-state index is 0.0619. The molecule has 0 radical (unpaired) electrons. The number of nitrogens with two attached hydrogens (primary N) is 2. The van der Waals surface area contributed by atoms with Gasteiger partial charge in [0.15, 0.2) is 0 Å². The maximum absolute atomic E-state index is 12.7. The number of carbonyl (C=O) groups is 3. The second kappa shape index (κ2) is 12.7. The molecule has 4 amide bonds. The van der Waals surface area contributed by atoms with E-state index in [1.54, 1.807) is 12.1 Å². The number of primary amides is 1. The monoisotopic (exact) mass is 407 g/mol. The largest absolute Gasteiger partial charge is 0.377 e. The Bertz CT molecular complexity index is 663. The number of amides is 4. The van der Waals surface area contributed by atoms with Gasteiger partial charge in [-0.1, -0.05) is 26.0 Å². The average molecular weight is 408 g/mol. The van der Waals surface area contributed by atoms with Crippen LogP contribution in [0.25, 0.3) is 0 Å². The summed E-state index contributed by atoms with van der Waals surface area (Å²) in [7, 11) is 0. The third-order valence-corrected chi connectivity index (χ3v) is 4.32. The van der Waals surface area contributed by atoms with Crippen molar-refractivity contribution >= 4 is 23.5 Å². The summed E-state index contributed by atoms with van der Waals surface area (Å²) in [6.07, 6.45) is 0.788. The lowest BCUT2D eigenvalue weighted by Crippen LogP contribution is -2.51. The summed E-state index contributed by atoms with van der Waals surface area (Å²) >= 11 is 0. The third kappa shape index (κ3) is 9.40. The zero-order valence-electron chi connectivity index (χ0n) is 17.4. The molecule has 0 aromatic heterocycles. The zero-order chi connectivity index (χ0) is 21.8. The molecular formula is C20H33N5O4. The first-order valence-electron chi connectivity index (χ1n) is 9.81. The Kier molecular flexibility index (Phi) is 10.7. The summed E-state index contributed by atoms with van der Waals surface area (Å²) in [4.78, 5) is 35.8. The number of urea groups is 1. The molecule has 7 N–H and O–H groups in total. The van der Waals surface area contributed by atoms with Crippen LogP contribution in [0.1, 0.15) is 39.2 Å². The van der Waals surface area contributed by atoms with E-state index in [-0.39, 0.29) is 11.8 Å². The molecule has 0 heterocycles. The van der Waals surface area contributed by atoms with Crippen LogP contribution >= 0.6 is 0 Å². The predicted molar refractivity (Wildman–Crippen MR) is 112 cm³/mol. The Hall–Kier alpha value is -2.65. The maximum atomic E-state index is 12.7. The molecule has 0 saturated heterocycles. The van der Waals surface area contributed by atoms with Gasteiger partial charge in [-0.3, -0.25) is 9.59 Å². The van der Waals surface area contributed by atoms with Crippen molar-refractivity contribution in [2.45, 2.75) is 52.3 Å². The van der Waals surface area contributed by atoms with Crippen LogP contribution in [0.15, 0.2) is 24.3 Å². The first kappa shape index (κ1) is 24.4. The molecule has 2 atom stereocenters. The fourth-order valence-electron chi connectivity index (χ4n) is 2.49. The molecular weight excluding hydrogens is 374 g/mol. The van der Waals surface area contributed by atoms with Crippen LogP contribution in [0.3, 0.4) is 0 Å². The highest BCUT2D eigenvalue weighted by Crippen LogP contribution is 2.12. The normalized spacial score (nSPS) is 12.9. The standard InChI is InChI=1S/C20H33N5O4/c1-4-29-12-14-7-9-15(10-8-14)24-18(26)16(6-5-11-23-20(22)28)25-19(27)17(21)13(2)3/h7-10,13,16-17H,4-6,11-12,21H2,1-3H3,(H,24,26)(H,25,27)(H3,22,23,28). The van der Waals surface area contributed by atoms with Crippen molar-refractivity contribution in [3.8, 4) is 0 Å². The molecule has 1 aromatic rings. The van der Waals surface area contributed by atoms with Crippen LogP contribution in [0.4, 0.5) is 10.5 Å². The van der Waals surface area contributed by atoms with Crippen molar-refractivity contribution in [3.05, 3.63) is 29.8 Å². The van der Waals surface area contributed by atoms with Crippen molar-refractivity contribution in [2.24, 2.45) is 17.4 Å². The van der Waals surface area contributed by atoms with E-state index in [1.165, 1.54) is 0 Å². The first-order chi connectivity index (χ1) is 13.7. The number of hydrogen-bond donors (Lipinski definition) is 5. The smallest absolute Gasteiger partial charge is 0.312 e. The van der Waals surface area contributed by atoms with Crippen molar-refractivity contribution in [2.75, 3.05) is 18.5 Å². The van der Waals surface area contributed by atoms with Crippen molar-refractivity contribution in [3.63, 3.8) is 0 Å². The molecule has 0 spiro atoms. The SMILES string of the molecule is CCOCc1ccc(NC(=O)C(CCCNC(N)=O)NC(=O)C(N)C(C)C)cc1. The quantitative estimate of drug-likeness (QED) is 0.329. The van der Waals surface area contributed by atoms with Crippen LogP contribution < -0.4 is 27.4 Å². The van der Waals surface area contributed by atoms with Crippen LogP contribution in [0, 0.1) is 5.92 Å². The molecule has 2 unspecified atom stereocenters. The average Bonchev–Trinajstić information content (AvgIpc) is 2.68. The molecule has 29 heavy (non-hydrogen) atoms. The molecule has 1 rings (SSSR count). The number of nitrogens with one attached hydrogen (secondary N) is 3. The van der Waals surface area contributed by atoms with Gasteiger partial charge in [-0.25, -0.2) is 4.79 Å². The Morgan fingerprint density at radius 1 is 1.10 bits per heavy atom. The van der Waals surface area contributed by atoms with E-state index >= 15 is 0 Å². The van der Waals surface area contributed by atoms with Crippen LogP contribution in [-0.2, 0) is 20.9 Å². The molecule has 0 aliphatic rings. The Morgan fingerprint density at radius 3 is 2.31 bits per heavy atom. The van der Waals surface area contributed by atoms with Gasteiger partial charge in [-0.05, 0) is 43.4 Å². The fraction of sp³-hybridized carbons (Fsp3) is 0.550. The van der Waals surface area contributed by atoms with E-state index in [2.05, 4.69) is 16.0 Å². The maximum Gasteiger partial charge on any atom is 0.312 e. The predicted octanol–water partition coefficient (Wildman–Crippen LogP) is 1.08. The van der Waals surface area contributed by atoms with Crippen molar-refractivity contribution < 1.29 is 19.1 Å².